The second-order valence-electron chi connectivity index (χ2n) is 7.35. The Morgan fingerprint density at radius 2 is 1.96 bits per heavy atom. The summed E-state index contributed by atoms with van der Waals surface area (Å²) in [7, 11) is 6.14. The second-order valence-corrected chi connectivity index (χ2v) is 7.35. The predicted octanol–water partition coefficient (Wildman–Crippen LogP) is 2.99. The summed E-state index contributed by atoms with van der Waals surface area (Å²) >= 11 is 0. The largest absolute Gasteiger partial charge is 0.381 e. The number of nitrogens with zero attached hydrogens (tertiary/aromatic N) is 2. The average Bonchev–Trinajstić information content (AvgIpc) is 2.62. The van der Waals surface area contributed by atoms with E-state index in [4.69, 9.17) is 4.74 Å². The van der Waals surface area contributed by atoms with E-state index in [0.717, 1.165) is 45.1 Å². The van der Waals surface area contributed by atoms with Gasteiger partial charge in [0, 0.05) is 38.9 Å². The van der Waals surface area contributed by atoms with Gasteiger partial charge in [0.1, 0.15) is 0 Å². The van der Waals surface area contributed by atoms with Crippen molar-refractivity contribution in [3.63, 3.8) is 0 Å². The molecule has 0 aliphatic carbocycles. The minimum atomic E-state index is 0. The highest BCUT2D eigenvalue weighted by atomic mass is 127. The summed E-state index contributed by atoms with van der Waals surface area (Å²) < 4.78 is 5.55. The van der Waals surface area contributed by atoms with Crippen LogP contribution >= 0.6 is 24.0 Å². The Kier molecular flexibility index (Phi) is 9.89. The van der Waals surface area contributed by atoms with Crippen LogP contribution in [0.4, 0.5) is 0 Å². The first-order valence-electron chi connectivity index (χ1n) is 9.23. The number of aryl methyl sites for hydroxylation is 1. The van der Waals surface area contributed by atoms with Gasteiger partial charge in [0.2, 0.25) is 0 Å². The molecule has 0 saturated carbocycles. The number of nitrogens with one attached hydrogen (secondary N) is 2. The molecular weight excluding hydrogens is 439 g/mol. The summed E-state index contributed by atoms with van der Waals surface area (Å²) in [5.41, 5.74) is 2.80. The molecule has 6 heteroatoms. The molecule has 1 aromatic rings. The Morgan fingerprint density at radius 3 is 2.54 bits per heavy atom. The van der Waals surface area contributed by atoms with Crippen LogP contribution in [-0.4, -0.2) is 63.8 Å². The number of aliphatic imine (C=N–C) groups is 1. The molecule has 0 bridgehead atoms. The molecule has 1 unspecified atom stereocenters. The third-order valence-corrected chi connectivity index (χ3v) is 5.37. The van der Waals surface area contributed by atoms with Crippen molar-refractivity contribution in [1.29, 1.82) is 0 Å². The van der Waals surface area contributed by atoms with Crippen LogP contribution in [0, 0.1) is 6.92 Å². The third kappa shape index (κ3) is 6.39. The van der Waals surface area contributed by atoms with Crippen molar-refractivity contribution >= 4 is 29.9 Å². The minimum absolute atomic E-state index is 0. The Balaban J connectivity index is 0.00000338. The molecule has 5 nitrogen and oxygen atoms in total. The van der Waals surface area contributed by atoms with E-state index in [1.165, 1.54) is 11.1 Å². The number of likely N-dealkylation sites (N-methyl/N-ethyl adjacent to an activating group) is 1. The average molecular weight is 474 g/mol. The van der Waals surface area contributed by atoms with Gasteiger partial charge in [0.15, 0.2) is 5.96 Å². The van der Waals surface area contributed by atoms with Crippen LogP contribution < -0.4 is 10.6 Å². The first-order chi connectivity index (χ1) is 12.0. The van der Waals surface area contributed by atoms with Crippen molar-refractivity contribution in [3.05, 3.63) is 35.4 Å². The number of rotatable bonds is 6. The molecule has 1 aliphatic rings. The standard InChI is InChI=1S/C20H34N4O.HI/c1-16-7-6-8-18(13-16)17(2)14-22-19(21-3)23-15-20(24(4)5)9-11-25-12-10-20;/h6-8,13,17H,9-12,14-15H2,1-5H3,(H2,21,22,23);1H. The number of benzene rings is 1. The molecular formula is C20H35IN4O. The normalized spacial score (nSPS) is 18.2. The van der Waals surface area contributed by atoms with Crippen LogP contribution in [0.25, 0.3) is 0 Å². The lowest BCUT2D eigenvalue weighted by molar-refractivity contribution is -0.00501. The molecule has 1 atom stereocenters. The Hall–Kier alpha value is -0.860. The summed E-state index contributed by atoms with van der Waals surface area (Å²) in [4.78, 5) is 6.72. The molecule has 1 heterocycles. The first kappa shape index (κ1) is 23.2. The number of ether oxygens (including phenoxy) is 1. The van der Waals surface area contributed by atoms with Crippen LogP contribution in [0.5, 0.6) is 0 Å². The monoisotopic (exact) mass is 474 g/mol. The van der Waals surface area contributed by atoms with E-state index in [0.29, 0.717) is 5.92 Å². The van der Waals surface area contributed by atoms with E-state index in [-0.39, 0.29) is 29.5 Å². The molecule has 1 aliphatic heterocycles. The SMILES string of the molecule is CN=C(NCC(C)c1cccc(C)c1)NCC1(N(C)C)CCOCC1.I. The summed E-state index contributed by atoms with van der Waals surface area (Å²) in [6.07, 6.45) is 2.09. The zero-order chi connectivity index (χ0) is 18.3. The summed E-state index contributed by atoms with van der Waals surface area (Å²) in [5.74, 6) is 1.30. The molecule has 0 spiro atoms. The second kappa shape index (κ2) is 11.1. The van der Waals surface area contributed by atoms with Crippen LogP contribution in [0.2, 0.25) is 0 Å². The van der Waals surface area contributed by atoms with E-state index >= 15 is 0 Å². The van der Waals surface area contributed by atoms with Crippen molar-refractivity contribution in [1.82, 2.24) is 15.5 Å². The van der Waals surface area contributed by atoms with Gasteiger partial charge in [0.25, 0.3) is 0 Å². The van der Waals surface area contributed by atoms with Crippen molar-refractivity contribution in [2.75, 3.05) is 47.4 Å². The quantitative estimate of drug-likeness (QED) is 0.378. The van der Waals surface area contributed by atoms with Crippen LogP contribution in [-0.2, 0) is 4.74 Å². The fourth-order valence-corrected chi connectivity index (χ4v) is 3.35. The van der Waals surface area contributed by atoms with Crippen molar-refractivity contribution in [2.45, 2.75) is 38.1 Å². The summed E-state index contributed by atoms with van der Waals surface area (Å²) in [5, 5.41) is 6.99. The maximum atomic E-state index is 5.55. The number of hydrogen-bond donors (Lipinski definition) is 2. The maximum absolute atomic E-state index is 5.55. The smallest absolute Gasteiger partial charge is 0.191 e. The highest BCUT2D eigenvalue weighted by Crippen LogP contribution is 2.25. The van der Waals surface area contributed by atoms with Crippen LogP contribution in [0.1, 0.15) is 36.8 Å². The van der Waals surface area contributed by atoms with Crippen LogP contribution in [0.3, 0.4) is 0 Å². The van der Waals surface area contributed by atoms with Gasteiger partial charge in [-0.2, -0.15) is 0 Å². The molecule has 1 fully saturated rings. The van der Waals surface area contributed by atoms with Crippen molar-refractivity contribution < 1.29 is 4.74 Å². The van der Waals surface area contributed by atoms with Gasteiger partial charge in [-0.3, -0.25) is 4.99 Å². The van der Waals surface area contributed by atoms with E-state index in [1.54, 1.807) is 0 Å². The maximum Gasteiger partial charge on any atom is 0.191 e. The lowest BCUT2D eigenvalue weighted by Crippen LogP contribution is -2.57. The summed E-state index contributed by atoms with van der Waals surface area (Å²) in [6.45, 7) is 7.78. The van der Waals surface area contributed by atoms with Crippen LogP contribution in [0.15, 0.2) is 29.3 Å². The van der Waals surface area contributed by atoms with Crippen molar-refractivity contribution in [2.24, 2.45) is 4.99 Å². The molecule has 2 N–H and O–H groups in total. The van der Waals surface area contributed by atoms with Gasteiger partial charge in [0.05, 0.1) is 0 Å². The fraction of sp³-hybridized carbons (Fsp3) is 0.650. The number of hydrogen-bond acceptors (Lipinski definition) is 3. The molecule has 148 valence electrons. The Morgan fingerprint density at radius 1 is 1.27 bits per heavy atom. The predicted molar refractivity (Wildman–Crippen MR) is 121 cm³/mol. The Bertz CT molecular complexity index is 571. The molecule has 0 aromatic heterocycles. The zero-order valence-electron chi connectivity index (χ0n) is 16.8. The topological polar surface area (TPSA) is 48.9 Å². The lowest BCUT2D eigenvalue weighted by atomic mass is 9.88. The fourth-order valence-electron chi connectivity index (χ4n) is 3.35. The zero-order valence-corrected chi connectivity index (χ0v) is 19.2. The van der Waals surface area contributed by atoms with E-state index in [1.807, 2.05) is 7.05 Å². The third-order valence-electron chi connectivity index (χ3n) is 5.37. The van der Waals surface area contributed by atoms with Gasteiger partial charge < -0.3 is 20.3 Å². The number of guanidine groups is 1. The van der Waals surface area contributed by atoms with E-state index in [2.05, 4.69) is 72.7 Å². The van der Waals surface area contributed by atoms with E-state index < -0.39 is 0 Å². The highest BCUT2D eigenvalue weighted by molar-refractivity contribution is 14.0. The van der Waals surface area contributed by atoms with E-state index in [9.17, 15) is 0 Å². The highest BCUT2D eigenvalue weighted by Gasteiger charge is 2.34. The molecule has 0 radical (unpaired) electrons. The molecule has 1 aromatic carbocycles. The summed E-state index contributed by atoms with van der Waals surface area (Å²) in [6, 6.07) is 8.71. The molecule has 2 rings (SSSR count). The first-order valence-corrected chi connectivity index (χ1v) is 9.23. The van der Waals surface area contributed by atoms with Gasteiger partial charge in [-0.05, 0) is 45.3 Å². The van der Waals surface area contributed by atoms with Gasteiger partial charge in [-0.1, -0.05) is 36.8 Å². The lowest BCUT2D eigenvalue weighted by Gasteiger charge is -2.43. The number of halogens is 1. The minimum Gasteiger partial charge on any atom is -0.381 e. The molecule has 26 heavy (non-hydrogen) atoms. The van der Waals surface area contributed by atoms with Gasteiger partial charge in [-0.25, -0.2) is 0 Å². The molecule has 0 amide bonds. The van der Waals surface area contributed by atoms with Gasteiger partial charge >= 0.3 is 0 Å². The van der Waals surface area contributed by atoms with Gasteiger partial charge in [-0.15, -0.1) is 24.0 Å². The Labute approximate surface area is 176 Å². The molecule has 1 saturated heterocycles. The van der Waals surface area contributed by atoms with Crippen molar-refractivity contribution in [3.8, 4) is 0 Å².